The lowest BCUT2D eigenvalue weighted by molar-refractivity contribution is -0.0936. The van der Waals surface area contributed by atoms with Crippen LogP contribution in [0.4, 0.5) is 10.2 Å². The van der Waals surface area contributed by atoms with Crippen molar-refractivity contribution in [1.82, 2.24) is 9.55 Å². The molecule has 0 radical (unpaired) electrons. The van der Waals surface area contributed by atoms with Crippen LogP contribution in [0.3, 0.4) is 0 Å². The van der Waals surface area contributed by atoms with E-state index in [2.05, 4.69) is 18.1 Å². The van der Waals surface area contributed by atoms with Crippen molar-refractivity contribution < 1.29 is 55.5 Å². The Morgan fingerprint density at radius 2 is 1.93 bits per heavy atom. The van der Waals surface area contributed by atoms with Crippen molar-refractivity contribution >= 4 is 29.3 Å². The molecule has 1 aliphatic heterocycles. The number of anilines is 1. The molecular formula is C10H17FN3O12P3. The number of hydrogen-bond acceptors (Lipinski definition) is 10. The second kappa shape index (κ2) is 8.25. The molecule has 5 atom stereocenters. The molecule has 166 valence electrons. The largest absolute Gasteiger partial charge is 0.490 e. The van der Waals surface area contributed by atoms with Crippen molar-refractivity contribution in [3.05, 3.63) is 22.7 Å². The number of ether oxygens (including phenoxy) is 1. The number of aromatic nitrogens is 2. The molecule has 0 spiro atoms. The Balaban J connectivity index is 2.06. The average molecular weight is 483 g/mol. The summed E-state index contributed by atoms with van der Waals surface area (Å²) in [6, 6.07) is 1.22. The smallest absolute Gasteiger partial charge is 0.383 e. The SMILES string of the molecule is C[C@@]1(COP(=O)(O)OP(=O)(O)OP(=O)(O)O)C[C@H](F)[C@H](n2ccc(N)nc2=O)O1. The van der Waals surface area contributed by atoms with Crippen LogP contribution in [-0.4, -0.2) is 47.5 Å². The molecule has 29 heavy (non-hydrogen) atoms. The lowest BCUT2D eigenvalue weighted by Gasteiger charge is -2.25. The fraction of sp³-hybridized carbons (Fsp3) is 0.600. The number of halogens is 1. The van der Waals surface area contributed by atoms with E-state index in [1.165, 1.54) is 13.0 Å². The van der Waals surface area contributed by atoms with E-state index in [0.717, 1.165) is 10.8 Å². The second-order valence-corrected chi connectivity index (χ2v) is 10.5. The summed E-state index contributed by atoms with van der Waals surface area (Å²) in [5.74, 6) is -0.102. The average Bonchev–Trinajstić information content (AvgIpc) is 2.77. The summed E-state index contributed by atoms with van der Waals surface area (Å²) in [7, 11) is -16.6. The number of hydrogen-bond donors (Lipinski definition) is 5. The van der Waals surface area contributed by atoms with Gasteiger partial charge < -0.3 is 30.0 Å². The highest BCUT2D eigenvalue weighted by Crippen LogP contribution is 2.66. The van der Waals surface area contributed by atoms with E-state index in [0.29, 0.717) is 0 Å². The first kappa shape index (κ1) is 24.3. The Labute approximate surface area is 161 Å². The van der Waals surface area contributed by atoms with Gasteiger partial charge in [-0.3, -0.25) is 9.09 Å². The number of rotatable bonds is 8. The number of phosphoric acid groups is 3. The zero-order chi connectivity index (χ0) is 22.3. The molecule has 15 nitrogen and oxygen atoms in total. The summed E-state index contributed by atoms with van der Waals surface area (Å²) >= 11 is 0. The summed E-state index contributed by atoms with van der Waals surface area (Å²) < 4.78 is 65.8. The standard InChI is InChI=1S/C10H17FN3O12P3/c1-10(5-23-28(19,20)26-29(21,22)25-27(16,17)18)4-6(11)8(24-10)14-3-2-7(12)13-9(14)15/h2-3,6,8H,4-5H2,1H3,(H,19,20)(H,21,22)(H2,12,13,15)(H2,16,17,18)/t6-,8+,10-/m0/s1. The van der Waals surface area contributed by atoms with E-state index in [-0.39, 0.29) is 5.82 Å². The molecule has 0 bridgehead atoms. The summed E-state index contributed by atoms with van der Waals surface area (Å²) in [4.78, 5) is 50.7. The van der Waals surface area contributed by atoms with Crippen LogP contribution < -0.4 is 11.4 Å². The summed E-state index contributed by atoms with van der Waals surface area (Å²) in [6.07, 6.45) is -2.53. The highest BCUT2D eigenvalue weighted by molar-refractivity contribution is 7.66. The zero-order valence-electron chi connectivity index (χ0n) is 14.5. The maximum atomic E-state index is 14.4. The number of nitrogens with two attached hydrogens (primary N) is 1. The minimum absolute atomic E-state index is 0.102. The van der Waals surface area contributed by atoms with Gasteiger partial charge in [0.2, 0.25) is 0 Å². The fourth-order valence-corrected chi connectivity index (χ4v) is 5.52. The van der Waals surface area contributed by atoms with Gasteiger partial charge in [-0.25, -0.2) is 22.9 Å². The molecule has 0 saturated carbocycles. The molecule has 1 saturated heterocycles. The van der Waals surface area contributed by atoms with E-state index < -0.39 is 60.2 Å². The van der Waals surface area contributed by atoms with Crippen LogP contribution in [0.25, 0.3) is 0 Å². The zero-order valence-corrected chi connectivity index (χ0v) is 17.2. The highest BCUT2D eigenvalue weighted by atomic mass is 31.3. The maximum absolute atomic E-state index is 14.4. The van der Waals surface area contributed by atoms with Gasteiger partial charge in [-0.1, -0.05) is 0 Å². The Hall–Kier alpha value is -1.02. The van der Waals surface area contributed by atoms with E-state index in [1.807, 2.05) is 0 Å². The minimum atomic E-state index is -5.68. The molecule has 19 heteroatoms. The first-order valence-electron chi connectivity index (χ1n) is 7.46. The van der Waals surface area contributed by atoms with Crippen molar-refractivity contribution in [3.63, 3.8) is 0 Å². The van der Waals surface area contributed by atoms with Crippen LogP contribution in [0, 0.1) is 0 Å². The van der Waals surface area contributed by atoms with Gasteiger partial charge in [0.15, 0.2) is 6.23 Å². The summed E-state index contributed by atoms with van der Waals surface area (Å²) in [6.45, 7) is 0.380. The molecule has 6 N–H and O–H groups in total. The van der Waals surface area contributed by atoms with Crippen LogP contribution in [0.5, 0.6) is 0 Å². The van der Waals surface area contributed by atoms with Gasteiger partial charge >= 0.3 is 29.2 Å². The molecule has 2 unspecified atom stereocenters. The Morgan fingerprint density at radius 3 is 2.48 bits per heavy atom. The van der Waals surface area contributed by atoms with Crippen molar-refractivity contribution in [2.75, 3.05) is 12.3 Å². The van der Waals surface area contributed by atoms with E-state index in [4.69, 9.17) is 25.2 Å². The topological polar surface area (TPSA) is 230 Å². The summed E-state index contributed by atoms with van der Waals surface area (Å²) in [5, 5.41) is 0. The number of alkyl halides is 1. The van der Waals surface area contributed by atoms with Crippen LogP contribution in [0.2, 0.25) is 0 Å². The van der Waals surface area contributed by atoms with E-state index in [1.54, 1.807) is 0 Å². The summed E-state index contributed by atoms with van der Waals surface area (Å²) in [5.41, 5.74) is 2.84. The predicted molar refractivity (Wildman–Crippen MR) is 90.8 cm³/mol. The van der Waals surface area contributed by atoms with Crippen LogP contribution in [-0.2, 0) is 31.6 Å². The maximum Gasteiger partial charge on any atom is 0.490 e. The Kier molecular flexibility index (Phi) is 6.90. The van der Waals surface area contributed by atoms with Gasteiger partial charge in [0, 0.05) is 12.6 Å². The van der Waals surface area contributed by atoms with Crippen LogP contribution >= 0.6 is 23.5 Å². The monoisotopic (exact) mass is 483 g/mol. The molecule has 1 aromatic rings. The van der Waals surface area contributed by atoms with Crippen LogP contribution in [0.15, 0.2) is 17.1 Å². The lowest BCUT2D eigenvalue weighted by atomic mass is 10.0. The molecule has 0 amide bonds. The number of phosphoric ester groups is 1. The Morgan fingerprint density at radius 1 is 1.31 bits per heavy atom. The molecule has 1 aromatic heterocycles. The van der Waals surface area contributed by atoms with Crippen molar-refractivity contribution in [3.8, 4) is 0 Å². The molecule has 0 aromatic carbocycles. The van der Waals surface area contributed by atoms with E-state index in [9.17, 15) is 27.8 Å². The molecule has 1 aliphatic rings. The van der Waals surface area contributed by atoms with Crippen LogP contribution in [0.1, 0.15) is 19.6 Å². The lowest BCUT2D eigenvalue weighted by Crippen LogP contribution is -2.33. The van der Waals surface area contributed by atoms with Gasteiger partial charge in [0.1, 0.15) is 12.0 Å². The van der Waals surface area contributed by atoms with Crippen molar-refractivity contribution in [1.29, 1.82) is 0 Å². The van der Waals surface area contributed by atoms with Crippen molar-refractivity contribution in [2.45, 2.75) is 31.3 Å². The first-order valence-corrected chi connectivity index (χ1v) is 12.0. The van der Waals surface area contributed by atoms with Gasteiger partial charge in [-0.2, -0.15) is 13.6 Å². The minimum Gasteiger partial charge on any atom is -0.383 e. The molecule has 1 fully saturated rings. The van der Waals surface area contributed by atoms with Gasteiger partial charge in [0.05, 0.1) is 12.2 Å². The molecule has 0 aliphatic carbocycles. The van der Waals surface area contributed by atoms with Gasteiger partial charge in [-0.15, -0.1) is 0 Å². The first-order chi connectivity index (χ1) is 13.0. The third-order valence-corrected chi connectivity index (χ3v) is 7.20. The predicted octanol–water partition coefficient (Wildman–Crippen LogP) is 0.184. The fourth-order valence-electron chi connectivity index (χ4n) is 2.39. The third-order valence-electron chi connectivity index (χ3n) is 3.42. The van der Waals surface area contributed by atoms with E-state index >= 15 is 0 Å². The second-order valence-electron chi connectivity index (χ2n) is 6.09. The molecule has 2 heterocycles. The molecular weight excluding hydrogens is 466 g/mol. The third kappa shape index (κ3) is 7.02. The quantitative estimate of drug-likeness (QED) is 0.311. The van der Waals surface area contributed by atoms with Gasteiger partial charge in [0.25, 0.3) is 0 Å². The number of nitrogens with zero attached hydrogens (tertiary/aromatic N) is 2. The van der Waals surface area contributed by atoms with Crippen molar-refractivity contribution in [2.24, 2.45) is 0 Å². The normalized spacial score (nSPS) is 29.3. The molecule has 2 rings (SSSR count). The van der Waals surface area contributed by atoms with Gasteiger partial charge in [-0.05, 0) is 13.0 Å². The number of nitrogen functional groups attached to an aromatic ring is 1. The Bertz CT molecular complexity index is 967. The highest BCUT2D eigenvalue weighted by Gasteiger charge is 2.48.